The fraction of sp³-hybridized carbons (Fsp3) is 0.533. The predicted molar refractivity (Wildman–Crippen MR) is 90.8 cm³/mol. The maximum absolute atomic E-state index is 14.2. The van der Waals surface area contributed by atoms with E-state index in [4.69, 9.17) is 17.3 Å². The van der Waals surface area contributed by atoms with Crippen LogP contribution in [0.15, 0.2) is 17.0 Å². The molecule has 1 aromatic carbocycles. The van der Waals surface area contributed by atoms with E-state index in [-0.39, 0.29) is 23.2 Å². The van der Waals surface area contributed by atoms with Gasteiger partial charge in [0.2, 0.25) is 15.9 Å². The molecule has 134 valence electrons. The highest BCUT2D eigenvalue weighted by Crippen LogP contribution is 2.30. The van der Waals surface area contributed by atoms with Crippen molar-refractivity contribution in [2.75, 3.05) is 11.9 Å². The summed E-state index contributed by atoms with van der Waals surface area (Å²) in [5.74, 6) is -1.27. The third-order valence-corrected chi connectivity index (χ3v) is 5.97. The van der Waals surface area contributed by atoms with E-state index in [2.05, 4.69) is 10.0 Å². The second-order valence-corrected chi connectivity index (χ2v) is 8.04. The van der Waals surface area contributed by atoms with Gasteiger partial charge >= 0.3 is 0 Å². The van der Waals surface area contributed by atoms with Crippen LogP contribution in [0.25, 0.3) is 0 Å². The summed E-state index contributed by atoms with van der Waals surface area (Å²) >= 11 is 5.95. The van der Waals surface area contributed by atoms with E-state index in [0.717, 1.165) is 37.8 Å². The largest absolute Gasteiger partial charge is 0.329 e. The van der Waals surface area contributed by atoms with Crippen LogP contribution >= 0.6 is 11.6 Å². The quantitative estimate of drug-likeness (QED) is 0.707. The van der Waals surface area contributed by atoms with E-state index >= 15 is 0 Å². The molecule has 1 atom stereocenters. The lowest BCUT2D eigenvalue weighted by Gasteiger charge is -2.23. The van der Waals surface area contributed by atoms with E-state index in [1.165, 1.54) is 6.92 Å². The Hall–Kier alpha value is -1.22. The summed E-state index contributed by atoms with van der Waals surface area (Å²) in [5.41, 5.74) is 5.71. The number of halogens is 2. The van der Waals surface area contributed by atoms with Crippen LogP contribution in [-0.2, 0) is 14.8 Å². The van der Waals surface area contributed by atoms with Crippen LogP contribution in [0.1, 0.15) is 32.6 Å². The third-order valence-electron chi connectivity index (χ3n) is 4.15. The maximum Gasteiger partial charge on any atom is 0.243 e. The molecular formula is C15H21ClFN3O3S. The molecule has 9 heteroatoms. The molecule has 1 saturated carbocycles. The van der Waals surface area contributed by atoms with Crippen LogP contribution in [-0.4, -0.2) is 26.9 Å². The van der Waals surface area contributed by atoms with Crippen LogP contribution in [0, 0.1) is 11.7 Å². The predicted octanol–water partition coefficient (Wildman–Crippen LogP) is 2.23. The summed E-state index contributed by atoms with van der Waals surface area (Å²) in [4.78, 5) is 10.5. The van der Waals surface area contributed by atoms with Crippen LogP contribution in [0.5, 0.6) is 0 Å². The Morgan fingerprint density at radius 3 is 2.58 bits per heavy atom. The standard InChI is InChI=1S/C15H21ClFN3O3S/c1-9(21)19-13-7-12(17)15(6-11(13)16)24(22,23)20-14(8-18)10-4-2-3-5-10/h6-7,10,14,20H,2-5,8,18H2,1H3,(H,19,21). The van der Waals surface area contributed by atoms with Gasteiger partial charge < -0.3 is 11.1 Å². The number of benzene rings is 1. The first-order valence-corrected chi connectivity index (χ1v) is 9.59. The number of carbonyl (C=O) groups is 1. The second-order valence-electron chi connectivity index (χ2n) is 5.95. The van der Waals surface area contributed by atoms with Gasteiger partial charge in [0.05, 0.1) is 10.7 Å². The van der Waals surface area contributed by atoms with Gasteiger partial charge in [-0.2, -0.15) is 0 Å². The van der Waals surface area contributed by atoms with Crippen molar-refractivity contribution in [3.8, 4) is 0 Å². The van der Waals surface area contributed by atoms with Crippen molar-refractivity contribution < 1.29 is 17.6 Å². The number of hydrogen-bond donors (Lipinski definition) is 3. The second kappa shape index (κ2) is 7.77. The zero-order valence-corrected chi connectivity index (χ0v) is 14.9. The molecule has 1 aliphatic carbocycles. The van der Waals surface area contributed by atoms with Gasteiger partial charge in [-0.3, -0.25) is 4.79 Å². The summed E-state index contributed by atoms with van der Waals surface area (Å²) in [7, 11) is -4.11. The number of rotatable bonds is 6. The highest BCUT2D eigenvalue weighted by atomic mass is 35.5. The highest BCUT2D eigenvalue weighted by Gasteiger charge is 2.30. The van der Waals surface area contributed by atoms with Gasteiger partial charge in [0.25, 0.3) is 0 Å². The van der Waals surface area contributed by atoms with Crippen LogP contribution in [0.4, 0.5) is 10.1 Å². The Kier molecular flexibility index (Phi) is 6.19. The Balaban J connectivity index is 2.28. The van der Waals surface area contributed by atoms with Crippen molar-refractivity contribution in [3.63, 3.8) is 0 Å². The first-order valence-electron chi connectivity index (χ1n) is 7.73. The van der Waals surface area contributed by atoms with Crippen LogP contribution in [0.2, 0.25) is 5.02 Å². The van der Waals surface area contributed by atoms with Gasteiger partial charge in [-0.1, -0.05) is 24.4 Å². The molecule has 4 N–H and O–H groups in total. The molecule has 0 bridgehead atoms. The summed E-state index contributed by atoms with van der Waals surface area (Å²) in [6, 6.07) is 1.45. The first kappa shape index (κ1) is 19.1. The van der Waals surface area contributed by atoms with E-state index in [0.29, 0.717) is 0 Å². The number of hydrogen-bond acceptors (Lipinski definition) is 4. The molecule has 1 amide bonds. The van der Waals surface area contributed by atoms with Crippen molar-refractivity contribution >= 4 is 33.2 Å². The van der Waals surface area contributed by atoms with E-state index < -0.39 is 32.7 Å². The van der Waals surface area contributed by atoms with Gasteiger partial charge in [0, 0.05) is 25.6 Å². The summed E-state index contributed by atoms with van der Waals surface area (Å²) in [5, 5.41) is 2.28. The third kappa shape index (κ3) is 4.44. The van der Waals surface area contributed by atoms with Gasteiger partial charge in [0.15, 0.2) is 0 Å². The van der Waals surface area contributed by atoms with Gasteiger partial charge in [-0.25, -0.2) is 17.5 Å². The van der Waals surface area contributed by atoms with Gasteiger partial charge in [-0.15, -0.1) is 0 Å². The molecule has 1 aliphatic rings. The number of nitrogens with one attached hydrogen (secondary N) is 2. The molecule has 0 heterocycles. The van der Waals surface area contributed by atoms with E-state index in [1.54, 1.807) is 0 Å². The number of sulfonamides is 1. The van der Waals surface area contributed by atoms with Crippen molar-refractivity contribution in [1.82, 2.24) is 4.72 Å². The zero-order chi connectivity index (χ0) is 17.9. The average Bonchev–Trinajstić information content (AvgIpc) is 3.01. The smallest absolute Gasteiger partial charge is 0.243 e. The summed E-state index contributed by atoms with van der Waals surface area (Å²) < 4.78 is 41.8. The molecule has 0 aromatic heterocycles. The number of anilines is 1. The molecule has 24 heavy (non-hydrogen) atoms. The number of amides is 1. The Bertz CT molecular complexity index is 721. The average molecular weight is 378 g/mol. The minimum atomic E-state index is -4.11. The molecule has 6 nitrogen and oxygen atoms in total. The maximum atomic E-state index is 14.2. The molecule has 1 fully saturated rings. The molecular weight excluding hydrogens is 357 g/mol. The van der Waals surface area contributed by atoms with Crippen molar-refractivity contribution in [2.24, 2.45) is 11.7 Å². The number of carbonyl (C=O) groups excluding carboxylic acids is 1. The van der Waals surface area contributed by atoms with E-state index in [9.17, 15) is 17.6 Å². The SMILES string of the molecule is CC(=O)Nc1cc(F)c(S(=O)(=O)NC(CN)C2CCCC2)cc1Cl. The summed E-state index contributed by atoms with van der Waals surface area (Å²) in [6.07, 6.45) is 3.87. The van der Waals surface area contributed by atoms with Crippen molar-refractivity contribution in [3.05, 3.63) is 23.0 Å². The lowest BCUT2D eigenvalue weighted by Crippen LogP contribution is -2.44. The topological polar surface area (TPSA) is 101 Å². The molecule has 0 spiro atoms. The first-order chi connectivity index (χ1) is 11.2. The van der Waals surface area contributed by atoms with Gasteiger partial charge in [-0.05, 0) is 24.8 Å². The van der Waals surface area contributed by atoms with E-state index in [1.807, 2.05) is 0 Å². The lowest BCUT2D eigenvalue weighted by atomic mass is 9.99. The Morgan fingerprint density at radius 1 is 1.42 bits per heavy atom. The summed E-state index contributed by atoms with van der Waals surface area (Å²) in [6.45, 7) is 1.39. The Morgan fingerprint density at radius 2 is 2.04 bits per heavy atom. The molecule has 2 rings (SSSR count). The van der Waals surface area contributed by atoms with Gasteiger partial charge in [0.1, 0.15) is 10.7 Å². The fourth-order valence-corrected chi connectivity index (χ4v) is 4.66. The van der Waals surface area contributed by atoms with Crippen LogP contribution < -0.4 is 15.8 Å². The Labute approximate surface area is 146 Å². The number of nitrogens with two attached hydrogens (primary N) is 1. The molecule has 1 unspecified atom stereocenters. The monoisotopic (exact) mass is 377 g/mol. The normalized spacial score (nSPS) is 17.0. The van der Waals surface area contributed by atoms with Crippen molar-refractivity contribution in [2.45, 2.75) is 43.5 Å². The molecule has 0 aliphatic heterocycles. The van der Waals surface area contributed by atoms with Crippen molar-refractivity contribution in [1.29, 1.82) is 0 Å². The molecule has 0 saturated heterocycles. The lowest BCUT2D eigenvalue weighted by molar-refractivity contribution is -0.114. The zero-order valence-electron chi connectivity index (χ0n) is 13.3. The molecule has 0 radical (unpaired) electrons. The van der Waals surface area contributed by atoms with Crippen LogP contribution in [0.3, 0.4) is 0 Å². The minimum Gasteiger partial charge on any atom is -0.329 e. The fourth-order valence-electron chi connectivity index (χ4n) is 2.98. The molecule has 1 aromatic rings. The minimum absolute atomic E-state index is 0.0202. The highest BCUT2D eigenvalue weighted by molar-refractivity contribution is 7.89.